The number of fused-ring (bicyclic) bond motifs is 1. The van der Waals surface area contributed by atoms with E-state index in [4.69, 9.17) is 9.15 Å². The monoisotopic (exact) mass is 429 g/mol. The first-order valence-corrected chi connectivity index (χ1v) is 9.79. The fourth-order valence-electron chi connectivity index (χ4n) is 3.21. The van der Waals surface area contributed by atoms with Crippen LogP contribution in [0.15, 0.2) is 83.5 Å². The Kier molecular flexibility index (Phi) is 5.94. The molecule has 2 heterocycles. The lowest BCUT2D eigenvalue weighted by atomic mass is 10.1. The Morgan fingerprint density at radius 3 is 2.44 bits per heavy atom. The second kappa shape index (κ2) is 9.13. The summed E-state index contributed by atoms with van der Waals surface area (Å²) in [6, 6.07) is 19.9. The molecule has 0 aliphatic rings. The molecular formula is C24H19N3O5. The van der Waals surface area contributed by atoms with Gasteiger partial charge >= 0.3 is 12.0 Å². The molecule has 0 bridgehead atoms. The second-order valence-electron chi connectivity index (χ2n) is 6.81. The molecule has 4 rings (SSSR count). The average molecular weight is 429 g/mol. The maximum Gasteiger partial charge on any atom is 0.340 e. The number of urea groups is 1. The van der Waals surface area contributed by atoms with Gasteiger partial charge in [-0.05, 0) is 24.3 Å². The summed E-state index contributed by atoms with van der Waals surface area (Å²) in [7, 11) is 1.38. The molecule has 2 aromatic heterocycles. The molecule has 0 fully saturated rings. The van der Waals surface area contributed by atoms with E-state index in [-0.39, 0.29) is 5.56 Å². The molecule has 0 aliphatic heterocycles. The van der Waals surface area contributed by atoms with E-state index in [1.165, 1.54) is 13.3 Å². The van der Waals surface area contributed by atoms with Crippen LogP contribution in [0.5, 0.6) is 0 Å². The number of hydrogen-bond donors (Lipinski definition) is 2. The third kappa shape index (κ3) is 4.34. The van der Waals surface area contributed by atoms with Crippen LogP contribution in [-0.2, 0) is 9.53 Å². The third-order valence-corrected chi connectivity index (χ3v) is 4.74. The second-order valence-corrected chi connectivity index (χ2v) is 6.81. The van der Waals surface area contributed by atoms with Crippen molar-refractivity contribution < 1.29 is 23.5 Å². The van der Waals surface area contributed by atoms with Crippen molar-refractivity contribution >= 4 is 28.8 Å². The quantitative estimate of drug-likeness (QED) is 0.466. The molecule has 8 heteroatoms. The standard InChI is InChI=1S/C24H19N3O5/c1-25-24(30)27-22(28)21(15-8-3-2-4-9-15)32-23(29)17-14-19(20-12-7-13-31-20)26-18-11-6-5-10-16(17)18/h2-14,21H,1H3,(H2,25,27,28,30)/t21-/m1/s1. The summed E-state index contributed by atoms with van der Waals surface area (Å²) in [4.78, 5) is 42.2. The van der Waals surface area contributed by atoms with Gasteiger partial charge in [0, 0.05) is 18.0 Å². The molecule has 0 saturated heterocycles. The minimum absolute atomic E-state index is 0.218. The summed E-state index contributed by atoms with van der Waals surface area (Å²) < 4.78 is 11.0. The van der Waals surface area contributed by atoms with Gasteiger partial charge in [-0.1, -0.05) is 48.5 Å². The van der Waals surface area contributed by atoms with Crippen molar-refractivity contribution in [2.75, 3.05) is 7.05 Å². The first-order chi connectivity index (χ1) is 15.6. The number of nitrogens with zero attached hydrogens (tertiary/aromatic N) is 1. The summed E-state index contributed by atoms with van der Waals surface area (Å²) in [6.45, 7) is 0. The fraction of sp³-hybridized carbons (Fsp3) is 0.0833. The lowest BCUT2D eigenvalue weighted by molar-refractivity contribution is -0.129. The molecular weight excluding hydrogens is 410 g/mol. The molecule has 0 spiro atoms. The number of ether oxygens (including phenoxy) is 1. The molecule has 0 unspecified atom stereocenters. The van der Waals surface area contributed by atoms with E-state index in [9.17, 15) is 14.4 Å². The Labute approximate surface area is 183 Å². The number of benzene rings is 2. The topological polar surface area (TPSA) is 111 Å². The average Bonchev–Trinajstić information content (AvgIpc) is 3.37. The normalized spacial score (nSPS) is 11.5. The fourth-order valence-corrected chi connectivity index (χ4v) is 3.21. The number of nitrogens with one attached hydrogen (secondary N) is 2. The van der Waals surface area contributed by atoms with Gasteiger partial charge in [-0.25, -0.2) is 14.6 Å². The van der Waals surface area contributed by atoms with E-state index in [1.807, 2.05) is 0 Å². The van der Waals surface area contributed by atoms with Crippen LogP contribution in [0.1, 0.15) is 22.0 Å². The highest BCUT2D eigenvalue weighted by Crippen LogP contribution is 2.27. The number of rotatable bonds is 5. The smallest absolute Gasteiger partial charge is 0.340 e. The van der Waals surface area contributed by atoms with Gasteiger partial charge in [0.2, 0.25) is 6.10 Å². The molecule has 8 nitrogen and oxygen atoms in total. The Morgan fingerprint density at radius 2 is 1.72 bits per heavy atom. The van der Waals surface area contributed by atoms with Gasteiger partial charge in [-0.2, -0.15) is 0 Å². The first kappa shape index (κ1) is 20.8. The number of amides is 3. The van der Waals surface area contributed by atoms with Gasteiger partial charge in [0.25, 0.3) is 5.91 Å². The van der Waals surface area contributed by atoms with E-state index < -0.39 is 24.0 Å². The van der Waals surface area contributed by atoms with Crippen LogP contribution < -0.4 is 10.6 Å². The number of hydrogen-bond acceptors (Lipinski definition) is 6. The van der Waals surface area contributed by atoms with Crippen molar-refractivity contribution in [2.45, 2.75) is 6.10 Å². The molecule has 0 radical (unpaired) electrons. The zero-order chi connectivity index (χ0) is 22.5. The minimum Gasteiger partial charge on any atom is -0.463 e. The van der Waals surface area contributed by atoms with Gasteiger partial charge < -0.3 is 14.5 Å². The van der Waals surface area contributed by atoms with Crippen LogP contribution >= 0.6 is 0 Å². The van der Waals surface area contributed by atoms with Crippen molar-refractivity contribution in [2.24, 2.45) is 0 Å². The van der Waals surface area contributed by atoms with Gasteiger partial charge in [0.15, 0.2) is 5.76 Å². The molecule has 160 valence electrons. The molecule has 4 aromatic rings. The Morgan fingerprint density at radius 1 is 0.969 bits per heavy atom. The molecule has 32 heavy (non-hydrogen) atoms. The Bertz CT molecular complexity index is 1270. The SMILES string of the molecule is CNC(=O)NC(=O)[C@H](OC(=O)c1cc(-c2ccco2)nc2ccccc12)c1ccccc1. The lowest BCUT2D eigenvalue weighted by Gasteiger charge is -2.18. The number of imide groups is 1. The van der Waals surface area contributed by atoms with E-state index in [1.54, 1.807) is 72.8 Å². The number of furan rings is 1. The maximum absolute atomic E-state index is 13.3. The van der Waals surface area contributed by atoms with Crippen LogP contribution in [0.2, 0.25) is 0 Å². The van der Waals surface area contributed by atoms with E-state index in [0.717, 1.165) is 0 Å². The van der Waals surface area contributed by atoms with Crippen molar-refractivity contribution in [1.82, 2.24) is 15.6 Å². The van der Waals surface area contributed by atoms with Crippen LogP contribution in [0.25, 0.3) is 22.4 Å². The highest BCUT2D eigenvalue weighted by Gasteiger charge is 2.28. The predicted octanol–water partition coefficient (Wildman–Crippen LogP) is 3.85. The summed E-state index contributed by atoms with van der Waals surface area (Å²) in [6.07, 6.45) is 0.179. The number of pyridine rings is 1. The summed E-state index contributed by atoms with van der Waals surface area (Å²) >= 11 is 0. The number of aromatic nitrogens is 1. The highest BCUT2D eigenvalue weighted by atomic mass is 16.5. The van der Waals surface area contributed by atoms with E-state index >= 15 is 0 Å². The minimum atomic E-state index is -1.33. The zero-order valence-corrected chi connectivity index (χ0v) is 17.1. The van der Waals surface area contributed by atoms with Gasteiger partial charge in [-0.3, -0.25) is 10.1 Å². The molecule has 2 aromatic carbocycles. The van der Waals surface area contributed by atoms with Crippen molar-refractivity contribution in [3.05, 3.63) is 90.2 Å². The van der Waals surface area contributed by atoms with E-state index in [0.29, 0.717) is 27.9 Å². The zero-order valence-electron chi connectivity index (χ0n) is 17.1. The highest BCUT2D eigenvalue weighted by molar-refractivity contribution is 6.06. The van der Waals surface area contributed by atoms with Crippen LogP contribution in [0.3, 0.4) is 0 Å². The van der Waals surface area contributed by atoms with Crippen molar-refractivity contribution in [3.8, 4) is 11.5 Å². The van der Waals surface area contributed by atoms with Crippen molar-refractivity contribution in [1.29, 1.82) is 0 Å². The first-order valence-electron chi connectivity index (χ1n) is 9.79. The van der Waals surface area contributed by atoms with Gasteiger partial charge in [0.1, 0.15) is 5.69 Å². The molecule has 1 atom stereocenters. The number of para-hydroxylation sites is 1. The van der Waals surface area contributed by atoms with Gasteiger partial charge in [0.05, 0.1) is 17.3 Å². The Hall–Kier alpha value is -4.46. The number of esters is 1. The number of carbonyl (C=O) groups is 3. The molecule has 3 amide bonds. The Balaban J connectivity index is 1.73. The summed E-state index contributed by atoms with van der Waals surface area (Å²) in [5.41, 5.74) is 1.66. The maximum atomic E-state index is 13.3. The predicted molar refractivity (Wildman–Crippen MR) is 117 cm³/mol. The molecule has 0 saturated carbocycles. The third-order valence-electron chi connectivity index (χ3n) is 4.74. The van der Waals surface area contributed by atoms with Crippen molar-refractivity contribution in [3.63, 3.8) is 0 Å². The van der Waals surface area contributed by atoms with E-state index in [2.05, 4.69) is 15.6 Å². The number of carbonyl (C=O) groups excluding carboxylic acids is 3. The van der Waals surface area contributed by atoms with Crippen LogP contribution in [0.4, 0.5) is 4.79 Å². The lowest BCUT2D eigenvalue weighted by Crippen LogP contribution is -2.41. The molecule has 0 aliphatic carbocycles. The van der Waals surface area contributed by atoms with Crippen LogP contribution in [0, 0.1) is 0 Å². The van der Waals surface area contributed by atoms with Crippen LogP contribution in [-0.4, -0.2) is 29.9 Å². The summed E-state index contributed by atoms with van der Waals surface area (Å²) in [5, 5.41) is 5.03. The molecule has 2 N–H and O–H groups in total. The largest absolute Gasteiger partial charge is 0.463 e. The van der Waals surface area contributed by atoms with Gasteiger partial charge in [-0.15, -0.1) is 0 Å². The summed E-state index contributed by atoms with van der Waals surface area (Å²) in [5.74, 6) is -1.02.